The molecule has 0 bridgehead atoms. The zero-order valence-corrected chi connectivity index (χ0v) is 13.9. The molecule has 0 radical (unpaired) electrons. The number of nitrogens with zero attached hydrogens (tertiary/aromatic N) is 2. The van der Waals surface area contributed by atoms with E-state index in [4.69, 9.17) is 11.6 Å². The summed E-state index contributed by atoms with van der Waals surface area (Å²) in [6.07, 6.45) is 3.56. The number of pyridine rings is 1. The fraction of sp³-hybridized carbons (Fsp3) is 0.222. The van der Waals surface area contributed by atoms with Crippen LogP contribution in [-0.4, -0.2) is 15.3 Å². The molecular weight excluding hydrogens is 310 g/mol. The molecule has 0 saturated heterocycles. The number of imidazole rings is 1. The molecule has 23 heavy (non-hydrogen) atoms. The molecule has 5 heteroatoms. The predicted octanol–water partition coefficient (Wildman–Crippen LogP) is 4.50. The quantitative estimate of drug-likeness (QED) is 0.766. The summed E-state index contributed by atoms with van der Waals surface area (Å²) in [6.45, 7) is 4.01. The lowest BCUT2D eigenvalue weighted by Crippen LogP contribution is -2.17. The van der Waals surface area contributed by atoms with E-state index in [-0.39, 0.29) is 5.91 Å². The second-order valence-electron chi connectivity index (χ2n) is 5.50. The van der Waals surface area contributed by atoms with Gasteiger partial charge in [0.05, 0.1) is 5.69 Å². The SMILES string of the molecule is CCCc1nc2ccccn2c1C(=O)Nc1cc(Cl)ccc1C. The van der Waals surface area contributed by atoms with Crippen LogP contribution in [-0.2, 0) is 6.42 Å². The van der Waals surface area contributed by atoms with Crippen LogP contribution in [0.3, 0.4) is 0 Å². The Morgan fingerprint density at radius 3 is 2.91 bits per heavy atom. The highest BCUT2D eigenvalue weighted by Gasteiger charge is 2.19. The summed E-state index contributed by atoms with van der Waals surface area (Å²) in [7, 11) is 0. The van der Waals surface area contributed by atoms with Crippen LogP contribution in [0.1, 0.15) is 35.1 Å². The average molecular weight is 328 g/mol. The van der Waals surface area contributed by atoms with Crippen molar-refractivity contribution in [3.05, 3.63) is 64.6 Å². The van der Waals surface area contributed by atoms with Crippen molar-refractivity contribution in [2.24, 2.45) is 0 Å². The van der Waals surface area contributed by atoms with Crippen molar-refractivity contribution in [2.75, 3.05) is 5.32 Å². The maximum Gasteiger partial charge on any atom is 0.274 e. The van der Waals surface area contributed by atoms with Crippen LogP contribution in [0.2, 0.25) is 5.02 Å². The second-order valence-corrected chi connectivity index (χ2v) is 5.94. The summed E-state index contributed by atoms with van der Waals surface area (Å²) in [5.41, 5.74) is 3.87. The van der Waals surface area contributed by atoms with Crippen molar-refractivity contribution in [3.63, 3.8) is 0 Å². The van der Waals surface area contributed by atoms with Gasteiger partial charge in [-0.3, -0.25) is 9.20 Å². The number of carbonyl (C=O) groups is 1. The van der Waals surface area contributed by atoms with Crippen molar-refractivity contribution in [1.82, 2.24) is 9.38 Å². The smallest absolute Gasteiger partial charge is 0.274 e. The third-order valence-electron chi connectivity index (χ3n) is 3.75. The Hall–Kier alpha value is -2.33. The van der Waals surface area contributed by atoms with Crippen LogP contribution in [0, 0.1) is 6.92 Å². The maximum atomic E-state index is 12.8. The zero-order valence-electron chi connectivity index (χ0n) is 13.1. The molecule has 1 amide bonds. The fourth-order valence-electron chi connectivity index (χ4n) is 2.61. The Morgan fingerprint density at radius 2 is 2.13 bits per heavy atom. The van der Waals surface area contributed by atoms with Crippen molar-refractivity contribution in [3.8, 4) is 0 Å². The fourth-order valence-corrected chi connectivity index (χ4v) is 2.78. The predicted molar refractivity (Wildman–Crippen MR) is 93.3 cm³/mol. The Balaban J connectivity index is 2.03. The number of benzene rings is 1. The molecule has 3 aromatic rings. The summed E-state index contributed by atoms with van der Waals surface area (Å²) in [5.74, 6) is -0.169. The molecule has 0 aliphatic rings. The van der Waals surface area contributed by atoms with Gasteiger partial charge in [0.15, 0.2) is 0 Å². The van der Waals surface area contributed by atoms with Gasteiger partial charge in [0.25, 0.3) is 5.91 Å². The zero-order chi connectivity index (χ0) is 16.4. The van der Waals surface area contributed by atoms with E-state index in [0.29, 0.717) is 10.7 Å². The highest BCUT2D eigenvalue weighted by atomic mass is 35.5. The average Bonchev–Trinajstić information content (AvgIpc) is 2.89. The Morgan fingerprint density at radius 1 is 1.30 bits per heavy atom. The topological polar surface area (TPSA) is 46.4 Å². The molecule has 0 spiro atoms. The van der Waals surface area contributed by atoms with Gasteiger partial charge < -0.3 is 5.32 Å². The summed E-state index contributed by atoms with van der Waals surface area (Å²) in [6, 6.07) is 11.2. The number of aryl methyl sites for hydroxylation is 2. The number of nitrogens with one attached hydrogen (secondary N) is 1. The van der Waals surface area contributed by atoms with Crippen LogP contribution in [0.15, 0.2) is 42.6 Å². The van der Waals surface area contributed by atoms with Gasteiger partial charge in [-0.25, -0.2) is 4.98 Å². The van der Waals surface area contributed by atoms with Gasteiger partial charge in [-0.2, -0.15) is 0 Å². The van der Waals surface area contributed by atoms with Crippen molar-refractivity contribution < 1.29 is 4.79 Å². The maximum absolute atomic E-state index is 12.8. The van der Waals surface area contributed by atoms with Crippen molar-refractivity contribution >= 4 is 28.8 Å². The number of carbonyl (C=O) groups excluding carboxylic acids is 1. The van der Waals surface area contributed by atoms with E-state index in [1.165, 1.54) is 0 Å². The first kappa shape index (κ1) is 15.6. The Bertz CT molecular complexity index is 870. The summed E-state index contributed by atoms with van der Waals surface area (Å²) in [4.78, 5) is 17.4. The molecule has 3 rings (SSSR count). The summed E-state index contributed by atoms with van der Waals surface area (Å²) >= 11 is 6.03. The highest BCUT2D eigenvalue weighted by molar-refractivity contribution is 6.31. The second kappa shape index (κ2) is 6.42. The lowest BCUT2D eigenvalue weighted by Gasteiger charge is -2.10. The first-order valence-corrected chi connectivity index (χ1v) is 8.01. The van der Waals surface area contributed by atoms with Gasteiger partial charge >= 0.3 is 0 Å². The van der Waals surface area contributed by atoms with E-state index >= 15 is 0 Å². The molecule has 0 fully saturated rings. The van der Waals surface area contributed by atoms with Crippen LogP contribution in [0.5, 0.6) is 0 Å². The van der Waals surface area contributed by atoms with Gasteiger partial charge in [-0.05, 0) is 43.2 Å². The minimum atomic E-state index is -0.169. The van der Waals surface area contributed by atoms with Crippen LogP contribution in [0.25, 0.3) is 5.65 Å². The van der Waals surface area contributed by atoms with Gasteiger partial charge in [-0.15, -0.1) is 0 Å². The molecule has 4 nitrogen and oxygen atoms in total. The minimum Gasteiger partial charge on any atom is -0.320 e. The normalized spacial score (nSPS) is 10.9. The number of amides is 1. The minimum absolute atomic E-state index is 0.169. The molecule has 0 saturated carbocycles. The molecule has 118 valence electrons. The molecule has 0 aliphatic carbocycles. The van der Waals surface area contributed by atoms with Crippen molar-refractivity contribution in [2.45, 2.75) is 26.7 Å². The summed E-state index contributed by atoms with van der Waals surface area (Å²) in [5, 5.41) is 3.56. The molecule has 2 heterocycles. The lowest BCUT2D eigenvalue weighted by atomic mass is 10.1. The van der Waals surface area contributed by atoms with Gasteiger partial charge in [0, 0.05) is 16.9 Å². The van der Waals surface area contributed by atoms with Crippen molar-refractivity contribution in [1.29, 1.82) is 0 Å². The van der Waals surface area contributed by atoms with Gasteiger partial charge in [0.1, 0.15) is 11.3 Å². The molecule has 0 aliphatic heterocycles. The lowest BCUT2D eigenvalue weighted by molar-refractivity contribution is 0.102. The van der Waals surface area contributed by atoms with E-state index < -0.39 is 0 Å². The largest absolute Gasteiger partial charge is 0.320 e. The number of rotatable bonds is 4. The molecule has 1 aromatic carbocycles. The first-order valence-electron chi connectivity index (χ1n) is 7.63. The molecule has 2 aromatic heterocycles. The number of anilines is 1. The molecular formula is C18H18ClN3O. The highest BCUT2D eigenvalue weighted by Crippen LogP contribution is 2.22. The summed E-state index contributed by atoms with van der Waals surface area (Å²) < 4.78 is 1.83. The Kier molecular flexibility index (Phi) is 4.35. The van der Waals surface area contributed by atoms with E-state index in [0.717, 1.165) is 35.4 Å². The number of halogens is 1. The third-order valence-corrected chi connectivity index (χ3v) is 3.99. The van der Waals surface area contributed by atoms with E-state index in [2.05, 4.69) is 17.2 Å². The van der Waals surface area contributed by atoms with E-state index in [1.54, 1.807) is 6.07 Å². The molecule has 1 N–H and O–H groups in total. The van der Waals surface area contributed by atoms with E-state index in [1.807, 2.05) is 47.9 Å². The van der Waals surface area contributed by atoms with Crippen LogP contribution < -0.4 is 5.32 Å². The number of fused-ring (bicyclic) bond motifs is 1. The monoisotopic (exact) mass is 327 g/mol. The van der Waals surface area contributed by atoms with E-state index in [9.17, 15) is 4.79 Å². The van der Waals surface area contributed by atoms with Gasteiger partial charge in [-0.1, -0.05) is 37.1 Å². The molecule has 0 unspecified atom stereocenters. The van der Waals surface area contributed by atoms with Gasteiger partial charge in [0.2, 0.25) is 0 Å². The number of hydrogen-bond donors (Lipinski definition) is 1. The third kappa shape index (κ3) is 3.08. The Labute approximate surface area is 140 Å². The number of hydrogen-bond acceptors (Lipinski definition) is 2. The standard InChI is InChI=1S/C18H18ClN3O/c1-3-6-14-17(22-10-5-4-7-16(22)20-14)18(23)21-15-11-13(19)9-8-12(15)2/h4-5,7-11H,3,6H2,1-2H3,(H,21,23). The number of aromatic nitrogens is 2. The molecule has 0 atom stereocenters. The van der Waals surface area contributed by atoms with Crippen LogP contribution in [0.4, 0.5) is 5.69 Å². The van der Waals surface area contributed by atoms with Crippen LogP contribution >= 0.6 is 11.6 Å². The first-order chi connectivity index (χ1) is 11.1.